The molecule has 24 heavy (non-hydrogen) atoms. The van der Waals surface area contributed by atoms with E-state index in [-0.39, 0.29) is 5.82 Å². The van der Waals surface area contributed by atoms with Gasteiger partial charge in [0.15, 0.2) is 5.82 Å². The minimum Gasteiger partial charge on any atom is -0.317 e. The van der Waals surface area contributed by atoms with Gasteiger partial charge in [-0.2, -0.15) is 0 Å². The van der Waals surface area contributed by atoms with Gasteiger partial charge in [0.05, 0.1) is 0 Å². The van der Waals surface area contributed by atoms with Gasteiger partial charge in [0, 0.05) is 18.2 Å². The van der Waals surface area contributed by atoms with Crippen LogP contribution in [0.3, 0.4) is 0 Å². The van der Waals surface area contributed by atoms with Crippen molar-refractivity contribution in [2.75, 3.05) is 0 Å². The molecule has 0 atom stereocenters. The predicted octanol–water partition coefficient (Wildman–Crippen LogP) is 3.98. The van der Waals surface area contributed by atoms with Crippen molar-refractivity contribution >= 4 is 6.29 Å². The van der Waals surface area contributed by atoms with Crippen LogP contribution >= 0.6 is 0 Å². The number of carbonyl (C=O) groups excluding carboxylic acids is 1. The van der Waals surface area contributed by atoms with Crippen LogP contribution in [-0.4, -0.2) is 21.1 Å². The molecule has 5 heteroatoms. The SMILES string of the molecule is Cn1cnnc1-c1cc(F)ccc1-c1cc(C=O)cc(C2CC2)c1. The van der Waals surface area contributed by atoms with Crippen LogP contribution < -0.4 is 0 Å². The predicted molar refractivity (Wildman–Crippen MR) is 89.2 cm³/mol. The number of aromatic nitrogens is 3. The number of benzene rings is 2. The van der Waals surface area contributed by atoms with E-state index in [4.69, 9.17) is 0 Å². The molecular formula is C19H16FN3O. The zero-order valence-corrected chi connectivity index (χ0v) is 13.2. The third kappa shape index (κ3) is 2.62. The number of nitrogens with zero attached hydrogens (tertiary/aromatic N) is 3. The number of rotatable bonds is 4. The maximum absolute atomic E-state index is 13.8. The molecule has 0 bridgehead atoms. The number of aldehydes is 1. The quantitative estimate of drug-likeness (QED) is 0.683. The summed E-state index contributed by atoms with van der Waals surface area (Å²) in [5.74, 6) is 0.794. The van der Waals surface area contributed by atoms with E-state index in [0.29, 0.717) is 22.9 Å². The largest absolute Gasteiger partial charge is 0.317 e. The van der Waals surface area contributed by atoms with E-state index in [1.54, 1.807) is 17.0 Å². The topological polar surface area (TPSA) is 47.8 Å². The molecule has 2 aromatic carbocycles. The number of hydrogen-bond donors (Lipinski definition) is 0. The van der Waals surface area contributed by atoms with Crippen molar-refractivity contribution in [2.45, 2.75) is 18.8 Å². The van der Waals surface area contributed by atoms with E-state index < -0.39 is 0 Å². The molecule has 1 aliphatic rings. The molecule has 0 amide bonds. The summed E-state index contributed by atoms with van der Waals surface area (Å²) < 4.78 is 15.6. The van der Waals surface area contributed by atoms with E-state index in [0.717, 1.165) is 30.3 Å². The molecule has 4 nitrogen and oxygen atoms in total. The van der Waals surface area contributed by atoms with E-state index in [1.807, 2.05) is 19.2 Å². The van der Waals surface area contributed by atoms with Crippen molar-refractivity contribution in [3.05, 3.63) is 59.7 Å². The van der Waals surface area contributed by atoms with Crippen LogP contribution in [0, 0.1) is 5.82 Å². The fourth-order valence-electron chi connectivity index (χ4n) is 3.03. The highest BCUT2D eigenvalue weighted by molar-refractivity contribution is 5.85. The van der Waals surface area contributed by atoms with Crippen LogP contribution in [0.2, 0.25) is 0 Å². The average Bonchev–Trinajstić information content (AvgIpc) is 3.36. The minimum atomic E-state index is -0.328. The molecule has 1 heterocycles. The Morgan fingerprint density at radius 2 is 2.00 bits per heavy atom. The normalized spacial score (nSPS) is 13.9. The molecule has 0 N–H and O–H groups in total. The number of carbonyl (C=O) groups is 1. The zero-order valence-electron chi connectivity index (χ0n) is 13.2. The Balaban J connectivity index is 1.92. The maximum Gasteiger partial charge on any atom is 0.164 e. The lowest BCUT2D eigenvalue weighted by Gasteiger charge is -2.12. The highest BCUT2D eigenvalue weighted by Crippen LogP contribution is 2.42. The molecule has 0 unspecified atom stereocenters. The van der Waals surface area contributed by atoms with Crippen molar-refractivity contribution in [1.82, 2.24) is 14.8 Å². The van der Waals surface area contributed by atoms with Crippen molar-refractivity contribution in [2.24, 2.45) is 7.05 Å². The highest BCUT2D eigenvalue weighted by Gasteiger charge is 2.25. The highest BCUT2D eigenvalue weighted by atomic mass is 19.1. The summed E-state index contributed by atoms with van der Waals surface area (Å²) in [6.07, 6.45) is 4.75. The lowest BCUT2D eigenvalue weighted by molar-refractivity contribution is 0.112. The Morgan fingerprint density at radius 1 is 1.17 bits per heavy atom. The van der Waals surface area contributed by atoms with Gasteiger partial charge in [0.1, 0.15) is 18.4 Å². The first-order valence-corrected chi connectivity index (χ1v) is 7.90. The van der Waals surface area contributed by atoms with E-state index in [9.17, 15) is 9.18 Å². The van der Waals surface area contributed by atoms with Gasteiger partial charge in [0.2, 0.25) is 0 Å². The molecule has 1 saturated carbocycles. The summed E-state index contributed by atoms with van der Waals surface area (Å²) in [4.78, 5) is 11.3. The van der Waals surface area contributed by atoms with Crippen LogP contribution in [0.4, 0.5) is 4.39 Å². The Morgan fingerprint density at radius 3 is 2.67 bits per heavy atom. The first kappa shape index (κ1) is 14.8. The Kier molecular flexibility index (Phi) is 3.49. The second-order valence-corrected chi connectivity index (χ2v) is 6.24. The Hall–Kier alpha value is -2.82. The summed E-state index contributed by atoms with van der Waals surface area (Å²) in [6.45, 7) is 0. The third-order valence-corrected chi connectivity index (χ3v) is 4.41. The van der Waals surface area contributed by atoms with Crippen LogP contribution in [-0.2, 0) is 7.05 Å². The van der Waals surface area contributed by atoms with Gasteiger partial charge in [-0.3, -0.25) is 4.79 Å². The molecule has 3 aromatic rings. The standard InChI is InChI=1S/C19H16FN3O/c1-23-11-21-22-19(23)18-9-16(20)4-5-17(18)15-7-12(10-24)6-14(8-15)13-2-3-13/h4-11,13H,2-3H2,1H3. The van der Waals surface area contributed by atoms with Gasteiger partial charge in [-0.25, -0.2) is 4.39 Å². The summed E-state index contributed by atoms with van der Waals surface area (Å²) in [7, 11) is 1.82. The maximum atomic E-state index is 13.8. The zero-order chi connectivity index (χ0) is 16.7. The summed E-state index contributed by atoms with van der Waals surface area (Å²) in [5, 5.41) is 7.99. The first-order chi connectivity index (χ1) is 11.7. The molecule has 4 rings (SSSR count). The first-order valence-electron chi connectivity index (χ1n) is 7.90. The molecule has 1 aromatic heterocycles. The molecule has 0 radical (unpaired) electrons. The van der Waals surface area contributed by atoms with E-state index >= 15 is 0 Å². The van der Waals surface area contributed by atoms with E-state index in [1.165, 1.54) is 17.7 Å². The van der Waals surface area contributed by atoms with Crippen molar-refractivity contribution in [3.63, 3.8) is 0 Å². The second kappa shape index (κ2) is 5.67. The Labute approximate surface area is 139 Å². The van der Waals surface area contributed by atoms with Gasteiger partial charge in [0.25, 0.3) is 0 Å². The summed E-state index contributed by atoms with van der Waals surface area (Å²) in [6, 6.07) is 10.5. The lowest BCUT2D eigenvalue weighted by Crippen LogP contribution is -1.96. The molecule has 0 aliphatic heterocycles. The molecular weight excluding hydrogens is 305 g/mol. The van der Waals surface area contributed by atoms with Crippen LogP contribution in [0.1, 0.15) is 34.7 Å². The third-order valence-electron chi connectivity index (χ3n) is 4.41. The molecule has 1 fully saturated rings. The smallest absolute Gasteiger partial charge is 0.164 e. The van der Waals surface area contributed by atoms with Crippen molar-refractivity contribution < 1.29 is 9.18 Å². The van der Waals surface area contributed by atoms with Crippen molar-refractivity contribution in [3.8, 4) is 22.5 Å². The van der Waals surface area contributed by atoms with Crippen LogP contribution in [0.25, 0.3) is 22.5 Å². The average molecular weight is 321 g/mol. The molecule has 0 spiro atoms. The molecule has 1 aliphatic carbocycles. The van der Waals surface area contributed by atoms with Gasteiger partial charge >= 0.3 is 0 Å². The molecule has 0 saturated heterocycles. The van der Waals surface area contributed by atoms with Crippen molar-refractivity contribution in [1.29, 1.82) is 0 Å². The van der Waals surface area contributed by atoms with E-state index in [2.05, 4.69) is 16.3 Å². The number of aryl methyl sites for hydroxylation is 1. The van der Waals surface area contributed by atoms with Gasteiger partial charge in [-0.15, -0.1) is 10.2 Å². The number of hydrogen-bond acceptors (Lipinski definition) is 3. The summed E-state index contributed by atoms with van der Waals surface area (Å²) >= 11 is 0. The summed E-state index contributed by atoms with van der Waals surface area (Å²) in [5.41, 5.74) is 4.22. The second-order valence-electron chi connectivity index (χ2n) is 6.24. The monoisotopic (exact) mass is 321 g/mol. The Bertz CT molecular complexity index is 928. The van der Waals surface area contributed by atoms with Gasteiger partial charge < -0.3 is 4.57 Å². The fourth-order valence-corrected chi connectivity index (χ4v) is 3.03. The fraction of sp³-hybridized carbons (Fsp3) is 0.211. The number of halogens is 1. The van der Waals surface area contributed by atoms with Gasteiger partial charge in [-0.05, 0) is 59.7 Å². The lowest BCUT2D eigenvalue weighted by atomic mass is 9.94. The van der Waals surface area contributed by atoms with Crippen LogP contribution in [0.15, 0.2) is 42.7 Å². The minimum absolute atomic E-state index is 0.328. The molecule has 120 valence electrons. The van der Waals surface area contributed by atoms with Crippen LogP contribution in [0.5, 0.6) is 0 Å². The van der Waals surface area contributed by atoms with Gasteiger partial charge in [-0.1, -0.05) is 12.1 Å².